The molecule has 0 bridgehead atoms. The number of halogens is 5. The number of para-hydroxylation sites is 1. The van der Waals surface area contributed by atoms with Crippen LogP contribution in [0.3, 0.4) is 0 Å². The van der Waals surface area contributed by atoms with Gasteiger partial charge in [-0.25, -0.2) is 4.39 Å². The van der Waals surface area contributed by atoms with Gasteiger partial charge in [0.2, 0.25) is 11.8 Å². The number of alkyl halides is 3. The van der Waals surface area contributed by atoms with Gasteiger partial charge in [-0.3, -0.25) is 0 Å². The molecule has 4 rings (SSSR count). The summed E-state index contributed by atoms with van der Waals surface area (Å²) in [4.78, 5) is 0. The van der Waals surface area contributed by atoms with Gasteiger partial charge in [0.25, 0.3) is 0 Å². The Morgan fingerprint density at radius 1 is 1.10 bits per heavy atom. The summed E-state index contributed by atoms with van der Waals surface area (Å²) < 4.78 is 62.8. The predicted molar refractivity (Wildman–Crippen MR) is 99.3 cm³/mol. The monoisotopic (exact) mass is 434 g/mol. The molecule has 5 nitrogen and oxygen atoms in total. The lowest BCUT2D eigenvalue weighted by atomic mass is 9.83. The van der Waals surface area contributed by atoms with Crippen LogP contribution in [-0.4, -0.2) is 9.78 Å². The van der Waals surface area contributed by atoms with Gasteiger partial charge >= 0.3 is 6.18 Å². The Morgan fingerprint density at radius 2 is 1.80 bits per heavy atom. The highest BCUT2D eigenvalue weighted by atomic mass is 35.5. The van der Waals surface area contributed by atoms with Crippen LogP contribution in [0.25, 0.3) is 5.69 Å². The van der Waals surface area contributed by atoms with Crippen molar-refractivity contribution in [2.75, 3.05) is 0 Å². The van der Waals surface area contributed by atoms with Crippen LogP contribution in [0.5, 0.6) is 5.88 Å². The van der Waals surface area contributed by atoms with E-state index >= 15 is 0 Å². The average Bonchev–Trinajstić information content (AvgIpc) is 3.08. The zero-order valence-corrected chi connectivity index (χ0v) is 15.7. The van der Waals surface area contributed by atoms with Crippen molar-refractivity contribution in [2.24, 2.45) is 5.73 Å². The summed E-state index contributed by atoms with van der Waals surface area (Å²) in [5.74, 6) is -3.27. The number of nitriles is 1. The summed E-state index contributed by atoms with van der Waals surface area (Å²) in [6, 6.07) is 13.3. The van der Waals surface area contributed by atoms with Crippen molar-refractivity contribution in [1.82, 2.24) is 9.78 Å². The molecular weight excluding hydrogens is 424 g/mol. The van der Waals surface area contributed by atoms with Crippen molar-refractivity contribution in [3.63, 3.8) is 0 Å². The van der Waals surface area contributed by atoms with Crippen LogP contribution in [0, 0.1) is 17.1 Å². The van der Waals surface area contributed by atoms with Crippen LogP contribution in [-0.2, 0) is 6.18 Å². The van der Waals surface area contributed by atoms with Gasteiger partial charge in [-0.2, -0.15) is 28.2 Å². The number of rotatable bonds is 2. The number of benzene rings is 2. The highest BCUT2D eigenvalue weighted by Gasteiger charge is 2.47. The summed E-state index contributed by atoms with van der Waals surface area (Å²) in [5.41, 5.74) is 3.52. The molecule has 3 aromatic rings. The Bertz CT molecular complexity index is 1190. The molecule has 2 aromatic carbocycles. The maximum atomic E-state index is 14.7. The van der Waals surface area contributed by atoms with Gasteiger partial charge in [0.15, 0.2) is 5.69 Å². The van der Waals surface area contributed by atoms with E-state index in [4.69, 9.17) is 22.1 Å². The van der Waals surface area contributed by atoms with E-state index in [9.17, 15) is 22.8 Å². The Hall–Kier alpha value is -3.51. The molecule has 1 aromatic heterocycles. The summed E-state index contributed by atoms with van der Waals surface area (Å²) >= 11 is 6.13. The molecule has 1 atom stereocenters. The van der Waals surface area contributed by atoms with Crippen LogP contribution in [0.4, 0.5) is 17.6 Å². The number of fused-ring (bicyclic) bond motifs is 1. The molecule has 1 aliphatic heterocycles. The number of allylic oxidation sites excluding steroid dienone is 1. The van der Waals surface area contributed by atoms with Crippen LogP contribution < -0.4 is 10.5 Å². The zero-order valence-electron chi connectivity index (χ0n) is 14.9. The number of nitrogens with zero attached hydrogens (tertiary/aromatic N) is 3. The molecule has 0 spiro atoms. The molecule has 1 aliphatic rings. The average molecular weight is 435 g/mol. The van der Waals surface area contributed by atoms with Crippen molar-refractivity contribution in [3.05, 3.63) is 87.6 Å². The van der Waals surface area contributed by atoms with E-state index in [0.717, 1.165) is 10.7 Å². The fourth-order valence-electron chi connectivity index (χ4n) is 3.37. The first-order chi connectivity index (χ1) is 14.2. The Balaban J connectivity index is 2.10. The van der Waals surface area contributed by atoms with Gasteiger partial charge in [-0.05, 0) is 24.3 Å². The van der Waals surface area contributed by atoms with Crippen molar-refractivity contribution < 1.29 is 22.3 Å². The number of aromatic nitrogens is 2. The number of nitrogens with two attached hydrogens (primary N) is 1. The molecule has 2 heterocycles. The van der Waals surface area contributed by atoms with E-state index in [0.29, 0.717) is 0 Å². The summed E-state index contributed by atoms with van der Waals surface area (Å²) in [6.45, 7) is 0. The lowest BCUT2D eigenvalue weighted by molar-refractivity contribution is -0.142. The van der Waals surface area contributed by atoms with E-state index in [1.54, 1.807) is 24.3 Å². The van der Waals surface area contributed by atoms with Crippen molar-refractivity contribution in [3.8, 4) is 17.6 Å². The van der Waals surface area contributed by atoms with Crippen molar-refractivity contribution in [2.45, 2.75) is 12.1 Å². The second-order valence-electron chi connectivity index (χ2n) is 6.37. The summed E-state index contributed by atoms with van der Waals surface area (Å²) in [5, 5.41) is 13.1. The van der Waals surface area contributed by atoms with Gasteiger partial charge in [-0.15, -0.1) is 0 Å². The first kappa shape index (κ1) is 19.8. The fraction of sp³-hybridized carbons (Fsp3) is 0.100. The van der Waals surface area contributed by atoms with Gasteiger partial charge in [0, 0.05) is 10.6 Å². The number of ether oxygens (including phenoxy) is 1. The molecule has 10 heteroatoms. The van der Waals surface area contributed by atoms with Gasteiger partial charge in [0.1, 0.15) is 17.5 Å². The minimum atomic E-state index is -4.92. The van der Waals surface area contributed by atoms with Crippen molar-refractivity contribution in [1.29, 1.82) is 5.26 Å². The molecule has 30 heavy (non-hydrogen) atoms. The molecule has 0 saturated carbocycles. The highest BCUT2D eigenvalue weighted by molar-refractivity contribution is 6.31. The Kier molecular flexibility index (Phi) is 4.67. The lowest BCUT2D eigenvalue weighted by Crippen LogP contribution is -2.24. The van der Waals surface area contributed by atoms with E-state index in [2.05, 4.69) is 5.10 Å². The quantitative estimate of drug-likeness (QED) is 0.582. The predicted octanol–water partition coefficient (Wildman–Crippen LogP) is 4.90. The SMILES string of the molecule is N#CC1=C(N)Oc2c(c(C(F)(F)F)nn2-c2ccccc2)[C@@H]1c1c(F)cccc1Cl. The molecule has 152 valence electrons. The topological polar surface area (TPSA) is 76.9 Å². The largest absolute Gasteiger partial charge is 0.435 e. The van der Waals surface area contributed by atoms with E-state index in [-0.39, 0.29) is 22.2 Å². The van der Waals surface area contributed by atoms with Crippen LogP contribution in [0.2, 0.25) is 5.02 Å². The summed E-state index contributed by atoms with van der Waals surface area (Å²) in [6.07, 6.45) is -4.92. The molecular formula is C20H11ClF4N4O. The lowest BCUT2D eigenvalue weighted by Gasteiger charge is -2.26. The molecule has 0 radical (unpaired) electrons. The third-order valence-electron chi connectivity index (χ3n) is 4.61. The second-order valence-corrected chi connectivity index (χ2v) is 6.78. The maximum absolute atomic E-state index is 14.7. The first-order valence-electron chi connectivity index (χ1n) is 8.51. The first-order valence-corrected chi connectivity index (χ1v) is 8.88. The Morgan fingerprint density at radius 3 is 2.40 bits per heavy atom. The van der Waals surface area contributed by atoms with E-state index in [1.807, 2.05) is 0 Å². The van der Waals surface area contributed by atoms with E-state index in [1.165, 1.54) is 24.3 Å². The second kappa shape index (κ2) is 7.07. The molecule has 0 fully saturated rings. The van der Waals surface area contributed by atoms with Gasteiger partial charge < -0.3 is 10.5 Å². The number of hydrogen-bond donors (Lipinski definition) is 1. The minimum Gasteiger partial charge on any atom is -0.422 e. The summed E-state index contributed by atoms with van der Waals surface area (Å²) in [7, 11) is 0. The normalized spacial score (nSPS) is 16.1. The van der Waals surface area contributed by atoms with Gasteiger partial charge in [0.05, 0.1) is 17.2 Å². The highest BCUT2D eigenvalue weighted by Crippen LogP contribution is 2.50. The zero-order chi connectivity index (χ0) is 21.6. The molecule has 0 amide bonds. The molecule has 0 aliphatic carbocycles. The third kappa shape index (κ3) is 3.06. The standard InChI is InChI=1S/C20H11ClF4N4O/c21-12-7-4-8-13(22)15(12)14-11(9-26)18(27)30-19-16(14)17(20(23,24)25)28-29(19)10-5-2-1-3-6-10/h1-8,14H,27H2/t14-/m0/s1. The smallest absolute Gasteiger partial charge is 0.422 e. The maximum Gasteiger partial charge on any atom is 0.435 e. The van der Waals surface area contributed by atoms with Crippen LogP contribution in [0.1, 0.15) is 22.7 Å². The molecule has 0 unspecified atom stereocenters. The molecule has 2 N–H and O–H groups in total. The number of hydrogen-bond acceptors (Lipinski definition) is 4. The van der Waals surface area contributed by atoms with Crippen molar-refractivity contribution >= 4 is 11.6 Å². The van der Waals surface area contributed by atoms with Crippen LogP contribution >= 0.6 is 11.6 Å². The Labute approximate surface area is 172 Å². The minimum absolute atomic E-state index is 0.158. The van der Waals surface area contributed by atoms with Gasteiger partial charge in [-0.1, -0.05) is 35.9 Å². The third-order valence-corrected chi connectivity index (χ3v) is 4.94. The van der Waals surface area contributed by atoms with Crippen LogP contribution in [0.15, 0.2) is 60.0 Å². The van der Waals surface area contributed by atoms with E-state index < -0.39 is 40.6 Å². The molecule has 0 saturated heterocycles. The fourth-order valence-corrected chi connectivity index (χ4v) is 3.64.